The Labute approximate surface area is 200 Å². The zero-order valence-electron chi connectivity index (χ0n) is 18.8. The Balaban J connectivity index is 1.20. The van der Waals surface area contributed by atoms with Crippen LogP contribution in [-0.4, -0.2) is 36.7 Å². The number of anilines is 2. The van der Waals surface area contributed by atoms with Gasteiger partial charge in [-0.1, -0.05) is 18.2 Å². The van der Waals surface area contributed by atoms with Crippen LogP contribution in [0.1, 0.15) is 27.3 Å². The van der Waals surface area contributed by atoms with Crippen LogP contribution in [0.3, 0.4) is 0 Å². The van der Waals surface area contributed by atoms with Gasteiger partial charge in [0.2, 0.25) is 5.95 Å². The summed E-state index contributed by atoms with van der Waals surface area (Å²) in [7, 11) is 0. The molecule has 0 unspecified atom stereocenters. The van der Waals surface area contributed by atoms with E-state index in [1.807, 2.05) is 18.3 Å². The van der Waals surface area contributed by atoms with Gasteiger partial charge in [0.25, 0.3) is 5.91 Å². The average Bonchev–Trinajstić information content (AvgIpc) is 3.30. The van der Waals surface area contributed by atoms with Gasteiger partial charge in [-0.15, -0.1) is 0 Å². The standard InChI is InChI=1S/C26H22FN7O/c27-21-5-3-4-20-23(21)32-26(28)34-15-19(30-24(20)34)14-33-11-9-16-12-18(8-7-17(16)13-33)31-25(35)22-6-1-2-10-29-22/h1-8,10,12,15H,9,11,13-14H2,(H2,28,32)(H,31,35). The number of aromatic nitrogens is 4. The molecule has 1 aliphatic rings. The van der Waals surface area contributed by atoms with Crippen molar-refractivity contribution in [3.8, 4) is 0 Å². The SMILES string of the molecule is Nc1nc2c(F)cccc2c2nc(CN3CCc4cc(NC(=O)c5ccccn5)ccc4C3)cn12. The quantitative estimate of drug-likeness (QED) is 0.417. The van der Waals surface area contributed by atoms with Gasteiger partial charge in [-0.3, -0.25) is 19.1 Å². The van der Waals surface area contributed by atoms with Crippen molar-refractivity contribution in [2.24, 2.45) is 0 Å². The lowest BCUT2D eigenvalue weighted by Crippen LogP contribution is -2.30. The summed E-state index contributed by atoms with van der Waals surface area (Å²) in [6, 6.07) is 16.1. The molecule has 0 spiro atoms. The van der Waals surface area contributed by atoms with E-state index < -0.39 is 5.82 Å². The van der Waals surface area contributed by atoms with Crippen LogP contribution >= 0.6 is 0 Å². The first-order valence-corrected chi connectivity index (χ1v) is 11.3. The number of imidazole rings is 1. The topological polar surface area (TPSA) is 101 Å². The van der Waals surface area contributed by atoms with E-state index in [1.165, 1.54) is 17.2 Å². The zero-order chi connectivity index (χ0) is 23.9. The summed E-state index contributed by atoms with van der Waals surface area (Å²) in [6.07, 6.45) is 4.33. The predicted octanol–water partition coefficient (Wildman–Crippen LogP) is 3.81. The number of nitrogen functional groups attached to an aromatic ring is 1. The van der Waals surface area contributed by atoms with Gasteiger partial charge in [-0.25, -0.2) is 14.4 Å². The summed E-state index contributed by atoms with van der Waals surface area (Å²) in [5.41, 5.74) is 11.3. The van der Waals surface area contributed by atoms with Gasteiger partial charge in [0.15, 0.2) is 0 Å². The number of nitrogens with two attached hydrogens (primary N) is 1. The van der Waals surface area contributed by atoms with E-state index in [0.29, 0.717) is 23.3 Å². The Kier molecular flexibility index (Phi) is 5.11. The molecular weight excluding hydrogens is 445 g/mol. The molecule has 0 atom stereocenters. The second kappa shape index (κ2) is 8.44. The maximum Gasteiger partial charge on any atom is 0.274 e. The molecule has 1 amide bonds. The first kappa shape index (κ1) is 21.2. The van der Waals surface area contributed by atoms with E-state index in [9.17, 15) is 9.18 Å². The van der Waals surface area contributed by atoms with E-state index in [2.05, 4.69) is 26.3 Å². The third-order valence-electron chi connectivity index (χ3n) is 6.30. The maximum absolute atomic E-state index is 14.2. The van der Waals surface area contributed by atoms with E-state index in [0.717, 1.165) is 30.9 Å². The van der Waals surface area contributed by atoms with Crippen LogP contribution in [0.25, 0.3) is 16.6 Å². The highest BCUT2D eigenvalue weighted by atomic mass is 19.1. The number of pyridine rings is 1. The molecular formula is C26H22FN7O. The van der Waals surface area contributed by atoms with Gasteiger partial charge in [0.1, 0.15) is 22.7 Å². The van der Waals surface area contributed by atoms with E-state index in [-0.39, 0.29) is 17.4 Å². The van der Waals surface area contributed by atoms with E-state index in [1.54, 1.807) is 40.9 Å². The van der Waals surface area contributed by atoms with Crippen molar-refractivity contribution in [1.82, 2.24) is 24.3 Å². The number of carbonyl (C=O) groups excluding carboxylic acids is 1. The third-order valence-corrected chi connectivity index (χ3v) is 6.30. The Hall–Kier alpha value is -4.37. The molecule has 0 bridgehead atoms. The maximum atomic E-state index is 14.2. The number of rotatable bonds is 4. The summed E-state index contributed by atoms with van der Waals surface area (Å²) in [5.74, 6) is -0.430. The second-order valence-corrected chi connectivity index (χ2v) is 8.65. The molecule has 174 valence electrons. The van der Waals surface area contributed by atoms with Crippen molar-refractivity contribution in [3.05, 3.63) is 95.3 Å². The van der Waals surface area contributed by atoms with Gasteiger partial charge in [0.05, 0.1) is 5.69 Å². The summed E-state index contributed by atoms with van der Waals surface area (Å²) in [4.78, 5) is 27.8. The molecule has 4 heterocycles. The van der Waals surface area contributed by atoms with Crippen LogP contribution in [0.2, 0.25) is 0 Å². The zero-order valence-corrected chi connectivity index (χ0v) is 18.8. The van der Waals surface area contributed by atoms with Gasteiger partial charge >= 0.3 is 0 Å². The van der Waals surface area contributed by atoms with E-state index in [4.69, 9.17) is 10.7 Å². The number of halogens is 1. The van der Waals surface area contributed by atoms with Crippen molar-refractivity contribution in [2.45, 2.75) is 19.5 Å². The molecule has 3 N–H and O–H groups in total. The monoisotopic (exact) mass is 467 g/mol. The summed E-state index contributed by atoms with van der Waals surface area (Å²) in [6.45, 7) is 2.25. The fourth-order valence-corrected chi connectivity index (χ4v) is 4.59. The van der Waals surface area contributed by atoms with Gasteiger partial charge < -0.3 is 11.1 Å². The lowest BCUT2D eigenvalue weighted by Gasteiger charge is -2.28. The Morgan fingerprint density at radius 1 is 1.09 bits per heavy atom. The largest absolute Gasteiger partial charge is 0.369 e. The molecule has 8 nitrogen and oxygen atoms in total. The lowest BCUT2D eigenvalue weighted by molar-refractivity contribution is 0.102. The second-order valence-electron chi connectivity index (χ2n) is 8.65. The van der Waals surface area contributed by atoms with Crippen LogP contribution in [-0.2, 0) is 19.5 Å². The highest BCUT2D eigenvalue weighted by Crippen LogP contribution is 2.26. The number of para-hydroxylation sites is 1. The van der Waals surface area contributed by atoms with Crippen LogP contribution in [0, 0.1) is 5.82 Å². The van der Waals surface area contributed by atoms with Crippen molar-refractivity contribution in [2.75, 3.05) is 17.6 Å². The Bertz CT molecular complexity index is 1580. The number of nitrogens with one attached hydrogen (secondary N) is 1. The highest BCUT2D eigenvalue weighted by Gasteiger charge is 2.20. The van der Waals surface area contributed by atoms with Crippen LogP contribution < -0.4 is 11.1 Å². The minimum atomic E-state index is -0.413. The summed E-state index contributed by atoms with van der Waals surface area (Å²) >= 11 is 0. The molecule has 5 aromatic rings. The van der Waals surface area contributed by atoms with Gasteiger partial charge in [0, 0.05) is 43.1 Å². The van der Waals surface area contributed by atoms with Crippen molar-refractivity contribution in [3.63, 3.8) is 0 Å². The van der Waals surface area contributed by atoms with Crippen LogP contribution in [0.5, 0.6) is 0 Å². The molecule has 2 aromatic carbocycles. The lowest BCUT2D eigenvalue weighted by atomic mass is 9.99. The number of fused-ring (bicyclic) bond motifs is 4. The summed E-state index contributed by atoms with van der Waals surface area (Å²) in [5, 5.41) is 3.56. The van der Waals surface area contributed by atoms with Crippen molar-refractivity contribution >= 4 is 34.1 Å². The Morgan fingerprint density at radius 3 is 2.86 bits per heavy atom. The van der Waals surface area contributed by atoms with Gasteiger partial charge in [-0.05, 0) is 53.9 Å². The molecule has 1 aliphatic heterocycles. The van der Waals surface area contributed by atoms with Crippen LogP contribution in [0.15, 0.2) is 67.0 Å². The first-order valence-electron chi connectivity index (χ1n) is 11.3. The number of benzene rings is 2. The Morgan fingerprint density at radius 2 is 2.00 bits per heavy atom. The first-order chi connectivity index (χ1) is 17.0. The van der Waals surface area contributed by atoms with Gasteiger partial charge in [-0.2, -0.15) is 0 Å². The average molecular weight is 468 g/mol. The number of nitrogens with zero attached hydrogens (tertiary/aromatic N) is 5. The smallest absolute Gasteiger partial charge is 0.274 e. The van der Waals surface area contributed by atoms with Crippen molar-refractivity contribution in [1.29, 1.82) is 0 Å². The molecule has 0 radical (unpaired) electrons. The molecule has 6 rings (SSSR count). The number of amides is 1. The van der Waals surface area contributed by atoms with Crippen molar-refractivity contribution < 1.29 is 9.18 Å². The minimum Gasteiger partial charge on any atom is -0.369 e. The third kappa shape index (κ3) is 3.95. The summed E-state index contributed by atoms with van der Waals surface area (Å²) < 4.78 is 15.9. The normalized spacial score (nSPS) is 13.7. The molecule has 0 aliphatic carbocycles. The molecule has 9 heteroatoms. The minimum absolute atomic E-state index is 0.209. The molecule has 0 fully saturated rings. The fourth-order valence-electron chi connectivity index (χ4n) is 4.59. The molecule has 3 aromatic heterocycles. The number of hydrogen-bond donors (Lipinski definition) is 2. The van der Waals surface area contributed by atoms with E-state index >= 15 is 0 Å². The molecule has 35 heavy (non-hydrogen) atoms. The highest BCUT2D eigenvalue weighted by molar-refractivity contribution is 6.02. The molecule has 0 saturated heterocycles. The number of hydrogen-bond acceptors (Lipinski definition) is 6. The number of carbonyl (C=O) groups is 1. The predicted molar refractivity (Wildman–Crippen MR) is 131 cm³/mol. The molecule has 0 saturated carbocycles. The van der Waals surface area contributed by atoms with Crippen LogP contribution in [0.4, 0.5) is 16.0 Å². The fraction of sp³-hybridized carbons (Fsp3) is 0.154.